The minimum absolute atomic E-state index is 0.0293. The van der Waals surface area contributed by atoms with Crippen molar-refractivity contribution in [1.29, 1.82) is 0 Å². The summed E-state index contributed by atoms with van der Waals surface area (Å²) in [6.07, 6.45) is -0.908. The van der Waals surface area contributed by atoms with Crippen LogP contribution in [0.5, 0.6) is 0 Å². The van der Waals surface area contributed by atoms with Crippen LogP contribution in [0.1, 0.15) is 18.2 Å². The van der Waals surface area contributed by atoms with E-state index in [1.54, 1.807) is 5.38 Å². The molecule has 0 aliphatic heterocycles. The van der Waals surface area contributed by atoms with Gasteiger partial charge in [0.05, 0.1) is 12.1 Å². The van der Waals surface area contributed by atoms with E-state index in [0.29, 0.717) is 5.69 Å². The number of hydrogen-bond donors (Lipinski definition) is 2. The molecule has 0 bridgehead atoms. The Kier molecular flexibility index (Phi) is 5.79. The molecule has 2 rings (SSSR count). The number of nitrogens with one attached hydrogen (secondary N) is 1. The normalized spacial score (nSPS) is 10.2. The van der Waals surface area contributed by atoms with E-state index in [4.69, 9.17) is 4.74 Å². The maximum atomic E-state index is 11.6. The summed E-state index contributed by atoms with van der Waals surface area (Å²) in [5.41, 5.74) is 1.22. The summed E-state index contributed by atoms with van der Waals surface area (Å²) in [5, 5.41) is 17.2. The minimum atomic E-state index is -0.797. The fourth-order valence-electron chi connectivity index (χ4n) is 1.50. The van der Waals surface area contributed by atoms with Crippen LogP contribution in [0.3, 0.4) is 0 Å². The maximum absolute atomic E-state index is 11.6. The Morgan fingerprint density at radius 1 is 1.39 bits per heavy atom. The van der Waals surface area contributed by atoms with E-state index in [1.807, 2.05) is 16.8 Å². The lowest BCUT2D eigenvalue weighted by molar-refractivity contribution is -0.176. The van der Waals surface area contributed by atoms with Gasteiger partial charge in [0, 0.05) is 17.9 Å². The van der Waals surface area contributed by atoms with Crippen molar-refractivity contribution < 1.29 is 24.3 Å². The van der Waals surface area contributed by atoms with Crippen LogP contribution in [-0.4, -0.2) is 33.2 Å². The third kappa shape index (κ3) is 5.13. The highest BCUT2D eigenvalue weighted by atomic mass is 32.1. The van der Waals surface area contributed by atoms with Crippen molar-refractivity contribution in [3.8, 4) is 0 Å². The van der Waals surface area contributed by atoms with Crippen LogP contribution in [0.2, 0.25) is 0 Å². The molecule has 0 saturated heterocycles. The monoisotopic (exact) mass is 355 g/mol. The van der Waals surface area contributed by atoms with Crippen LogP contribution in [-0.2, 0) is 27.4 Å². The van der Waals surface area contributed by atoms with Gasteiger partial charge in [0.15, 0.2) is 5.13 Å². The number of hydrogen-bond acceptors (Lipinski definition) is 8. The molecule has 2 N–H and O–H groups in total. The van der Waals surface area contributed by atoms with Gasteiger partial charge in [-0.1, -0.05) is 0 Å². The van der Waals surface area contributed by atoms with Crippen LogP contribution in [0, 0.1) is 0 Å². The lowest BCUT2D eigenvalue weighted by atomic mass is 10.3. The average Bonchev–Trinajstić information content (AvgIpc) is 3.16. The molecule has 0 aromatic carbocycles. The van der Waals surface area contributed by atoms with Gasteiger partial charge in [-0.15, -0.1) is 11.3 Å². The first-order valence-corrected chi connectivity index (χ1v) is 8.19. The molecule has 122 valence electrons. The van der Waals surface area contributed by atoms with Gasteiger partial charge in [-0.05, 0) is 16.8 Å². The highest BCUT2D eigenvalue weighted by molar-refractivity contribution is 7.13. The lowest BCUT2D eigenvalue weighted by Crippen LogP contribution is -2.33. The molecule has 0 spiro atoms. The Morgan fingerprint density at radius 3 is 2.83 bits per heavy atom. The van der Waals surface area contributed by atoms with Gasteiger partial charge in [0.25, 0.3) is 5.91 Å². The van der Waals surface area contributed by atoms with E-state index in [0.717, 1.165) is 23.8 Å². The summed E-state index contributed by atoms with van der Waals surface area (Å²) in [7, 11) is 0. The molecule has 2 aromatic heterocycles. The first kappa shape index (κ1) is 17.1. The summed E-state index contributed by atoms with van der Waals surface area (Å²) in [4.78, 5) is 38.0. The van der Waals surface area contributed by atoms with E-state index in [2.05, 4.69) is 10.3 Å². The standard InChI is InChI=1S/C13H13N3O5S2/c1-8(17)16(20)11(18)4-10-7-23-12(14-10)15-13(19)21-5-9-2-3-22-6-9/h2-3,6-7,20H,4-5H2,1H3,(H,14,15,19). The SMILES string of the molecule is CC(=O)N(O)C(=O)Cc1csc(NC(=O)OCc2ccsc2)n1. The van der Waals surface area contributed by atoms with Crippen LogP contribution in [0.25, 0.3) is 0 Å². The summed E-state index contributed by atoms with van der Waals surface area (Å²) in [6, 6.07) is 1.85. The maximum Gasteiger partial charge on any atom is 0.413 e. The summed E-state index contributed by atoms with van der Waals surface area (Å²) < 4.78 is 5.01. The molecule has 23 heavy (non-hydrogen) atoms. The number of amides is 3. The van der Waals surface area contributed by atoms with Gasteiger partial charge in [0.1, 0.15) is 6.61 Å². The predicted molar refractivity (Wildman–Crippen MR) is 83.3 cm³/mol. The van der Waals surface area contributed by atoms with Crippen molar-refractivity contribution >= 4 is 45.7 Å². The van der Waals surface area contributed by atoms with E-state index >= 15 is 0 Å². The zero-order valence-corrected chi connectivity index (χ0v) is 13.6. The number of carbonyl (C=O) groups excluding carboxylic acids is 3. The number of thiazole rings is 1. The molecule has 3 amide bonds. The summed E-state index contributed by atoms with van der Waals surface area (Å²) >= 11 is 2.61. The summed E-state index contributed by atoms with van der Waals surface area (Å²) in [5.74, 6) is -1.57. The van der Waals surface area contributed by atoms with Gasteiger partial charge >= 0.3 is 6.09 Å². The van der Waals surface area contributed by atoms with Crippen LogP contribution in [0.4, 0.5) is 9.93 Å². The largest absolute Gasteiger partial charge is 0.444 e. The Hall–Kier alpha value is -2.30. The third-order valence-electron chi connectivity index (χ3n) is 2.58. The molecule has 0 aliphatic carbocycles. The zero-order valence-electron chi connectivity index (χ0n) is 12.0. The second-order valence-electron chi connectivity index (χ2n) is 4.38. The number of carbonyl (C=O) groups is 3. The smallest absolute Gasteiger partial charge is 0.413 e. The van der Waals surface area contributed by atoms with Crippen molar-refractivity contribution in [1.82, 2.24) is 10.0 Å². The predicted octanol–water partition coefficient (Wildman–Crippen LogP) is 2.26. The second-order valence-corrected chi connectivity index (χ2v) is 6.02. The number of hydroxylamine groups is 2. The van der Waals surface area contributed by atoms with E-state index < -0.39 is 17.9 Å². The number of rotatable bonds is 5. The number of aromatic nitrogens is 1. The van der Waals surface area contributed by atoms with Gasteiger partial charge in [0.2, 0.25) is 5.91 Å². The Balaban J connectivity index is 1.83. The number of imide groups is 1. The topological polar surface area (TPSA) is 109 Å². The number of anilines is 1. The quantitative estimate of drug-likeness (QED) is 0.629. The number of ether oxygens (including phenoxy) is 1. The van der Waals surface area contributed by atoms with Crippen molar-refractivity contribution in [2.45, 2.75) is 20.0 Å². The highest BCUT2D eigenvalue weighted by Gasteiger charge is 2.17. The molecule has 10 heteroatoms. The molecular weight excluding hydrogens is 342 g/mol. The van der Waals surface area contributed by atoms with Gasteiger partial charge < -0.3 is 4.74 Å². The minimum Gasteiger partial charge on any atom is -0.444 e. The molecular formula is C13H13N3O5S2. The molecule has 2 aromatic rings. The molecule has 0 unspecified atom stereocenters. The third-order valence-corrected chi connectivity index (χ3v) is 4.12. The fraction of sp³-hybridized carbons (Fsp3) is 0.231. The van der Waals surface area contributed by atoms with Crippen LogP contribution < -0.4 is 5.32 Å². The second kappa shape index (κ2) is 7.81. The Bertz CT molecular complexity index is 698. The molecule has 2 heterocycles. The van der Waals surface area contributed by atoms with Crippen molar-refractivity contribution in [3.05, 3.63) is 33.5 Å². The summed E-state index contributed by atoms with van der Waals surface area (Å²) in [6.45, 7) is 1.22. The first-order valence-electron chi connectivity index (χ1n) is 6.37. The Labute approximate surface area is 139 Å². The van der Waals surface area contributed by atoms with Crippen molar-refractivity contribution in [3.63, 3.8) is 0 Å². The number of nitrogens with zero attached hydrogens (tertiary/aromatic N) is 2. The van der Waals surface area contributed by atoms with Gasteiger partial charge in [-0.3, -0.25) is 20.1 Å². The average molecular weight is 355 g/mol. The van der Waals surface area contributed by atoms with Gasteiger partial charge in [-0.25, -0.2) is 9.78 Å². The van der Waals surface area contributed by atoms with Gasteiger partial charge in [-0.2, -0.15) is 16.4 Å². The molecule has 0 aliphatic rings. The van der Waals surface area contributed by atoms with E-state index in [9.17, 15) is 19.6 Å². The van der Waals surface area contributed by atoms with E-state index in [-0.39, 0.29) is 23.2 Å². The first-order chi connectivity index (χ1) is 11.0. The Morgan fingerprint density at radius 2 is 2.17 bits per heavy atom. The fourth-order valence-corrected chi connectivity index (χ4v) is 2.85. The highest BCUT2D eigenvalue weighted by Crippen LogP contribution is 2.17. The van der Waals surface area contributed by atoms with Crippen LogP contribution in [0.15, 0.2) is 22.2 Å². The molecule has 0 fully saturated rings. The van der Waals surface area contributed by atoms with E-state index in [1.165, 1.54) is 11.3 Å². The van der Waals surface area contributed by atoms with Crippen molar-refractivity contribution in [2.24, 2.45) is 0 Å². The number of thiophene rings is 1. The molecule has 0 saturated carbocycles. The molecule has 0 radical (unpaired) electrons. The lowest BCUT2D eigenvalue weighted by Gasteiger charge is -2.08. The van der Waals surface area contributed by atoms with Crippen molar-refractivity contribution in [2.75, 3.05) is 5.32 Å². The molecule has 0 atom stereocenters. The zero-order chi connectivity index (χ0) is 16.8. The van der Waals surface area contributed by atoms with Crippen LogP contribution >= 0.6 is 22.7 Å². The molecule has 8 nitrogen and oxygen atoms in total.